The summed E-state index contributed by atoms with van der Waals surface area (Å²) in [4.78, 5) is 24.7. The lowest BCUT2D eigenvalue weighted by Crippen LogP contribution is -2.47. The first-order valence-corrected chi connectivity index (χ1v) is 6.76. The van der Waals surface area contributed by atoms with Gasteiger partial charge in [-0.2, -0.15) is 0 Å². The summed E-state index contributed by atoms with van der Waals surface area (Å²) >= 11 is 0. The standard InChI is InChI=1S/C15H22N2O4/c1-10(2)8-13(14(18)19)16-15(20)17(3)11-6-5-7-12(9-11)21-4/h5-7,9-10,13H,8H2,1-4H3,(H,16,20)(H,18,19)/t13-/m0/s1. The van der Waals surface area contributed by atoms with Gasteiger partial charge in [-0.15, -0.1) is 0 Å². The third-order valence-corrected chi connectivity index (χ3v) is 3.05. The van der Waals surface area contributed by atoms with Crippen molar-refractivity contribution in [3.8, 4) is 5.75 Å². The van der Waals surface area contributed by atoms with Gasteiger partial charge in [0.25, 0.3) is 0 Å². The molecule has 1 atom stereocenters. The van der Waals surface area contributed by atoms with Crippen molar-refractivity contribution in [1.29, 1.82) is 0 Å². The average Bonchev–Trinajstić information content (AvgIpc) is 2.45. The molecule has 0 aliphatic carbocycles. The third-order valence-electron chi connectivity index (χ3n) is 3.05. The molecule has 1 aromatic rings. The second-order valence-corrected chi connectivity index (χ2v) is 5.23. The molecule has 0 aliphatic rings. The van der Waals surface area contributed by atoms with E-state index < -0.39 is 18.0 Å². The van der Waals surface area contributed by atoms with Crippen molar-refractivity contribution in [3.05, 3.63) is 24.3 Å². The second-order valence-electron chi connectivity index (χ2n) is 5.23. The normalized spacial score (nSPS) is 11.9. The first-order valence-electron chi connectivity index (χ1n) is 6.76. The summed E-state index contributed by atoms with van der Waals surface area (Å²) < 4.78 is 5.10. The van der Waals surface area contributed by atoms with Gasteiger partial charge in [0.2, 0.25) is 0 Å². The molecule has 0 spiro atoms. The van der Waals surface area contributed by atoms with Crippen molar-refractivity contribution in [1.82, 2.24) is 5.32 Å². The first kappa shape index (κ1) is 16.8. The highest BCUT2D eigenvalue weighted by molar-refractivity contribution is 5.94. The Morgan fingerprint density at radius 1 is 1.38 bits per heavy atom. The summed E-state index contributed by atoms with van der Waals surface area (Å²) in [6.07, 6.45) is 0.382. The number of hydrogen-bond donors (Lipinski definition) is 2. The maximum Gasteiger partial charge on any atom is 0.326 e. The van der Waals surface area contributed by atoms with Crippen LogP contribution in [0.25, 0.3) is 0 Å². The highest BCUT2D eigenvalue weighted by Gasteiger charge is 2.23. The second kappa shape index (κ2) is 7.52. The number of benzene rings is 1. The molecule has 1 rings (SSSR count). The van der Waals surface area contributed by atoms with Gasteiger partial charge in [0, 0.05) is 18.8 Å². The fourth-order valence-corrected chi connectivity index (χ4v) is 1.88. The van der Waals surface area contributed by atoms with E-state index in [1.54, 1.807) is 38.4 Å². The summed E-state index contributed by atoms with van der Waals surface area (Å²) in [7, 11) is 3.13. The number of hydrogen-bond acceptors (Lipinski definition) is 3. The smallest absolute Gasteiger partial charge is 0.326 e. The molecule has 116 valence electrons. The molecule has 0 heterocycles. The average molecular weight is 294 g/mol. The van der Waals surface area contributed by atoms with Crippen LogP contribution in [0.2, 0.25) is 0 Å². The van der Waals surface area contributed by atoms with Crippen LogP contribution in [0.1, 0.15) is 20.3 Å². The van der Waals surface area contributed by atoms with Crippen LogP contribution in [0.15, 0.2) is 24.3 Å². The molecule has 1 aromatic carbocycles. The van der Waals surface area contributed by atoms with Gasteiger partial charge < -0.3 is 15.2 Å². The molecule has 2 N–H and O–H groups in total. The van der Waals surface area contributed by atoms with Crippen LogP contribution in [0.4, 0.5) is 10.5 Å². The number of carboxylic acid groups (broad SMARTS) is 1. The molecule has 0 unspecified atom stereocenters. The van der Waals surface area contributed by atoms with Gasteiger partial charge in [-0.05, 0) is 24.5 Å². The van der Waals surface area contributed by atoms with Gasteiger partial charge in [-0.25, -0.2) is 9.59 Å². The van der Waals surface area contributed by atoms with E-state index in [0.717, 1.165) is 0 Å². The number of ether oxygens (including phenoxy) is 1. The molecule has 0 radical (unpaired) electrons. The van der Waals surface area contributed by atoms with Gasteiger partial charge >= 0.3 is 12.0 Å². The molecule has 2 amide bonds. The minimum absolute atomic E-state index is 0.175. The number of carbonyl (C=O) groups is 2. The summed E-state index contributed by atoms with van der Waals surface area (Å²) in [5.74, 6) is -0.228. The Bertz CT molecular complexity index is 502. The van der Waals surface area contributed by atoms with Gasteiger partial charge in [0.05, 0.1) is 7.11 Å². The Labute approximate surface area is 124 Å². The predicted molar refractivity (Wildman–Crippen MR) is 80.8 cm³/mol. The molecule has 0 saturated carbocycles. The number of urea groups is 1. The van der Waals surface area contributed by atoms with Crippen LogP contribution in [0.3, 0.4) is 0 Å². The maximum absolute atomic E-state index is 12.2. The number of carboxylic acids is 1. The van der Waals surface area contributed by atoms with E-state index in [1.165, 1.54) is 4.90 Å². The maximum atomic E-state index is 12.2. The molecule has 6 nitrogen and oxygen atoms in total. The number of rotatable bonds is 6. The summed E-state index contributed by atoms with van der Waals surface area (Å²) in [6, 6.07) is 5.63. The lowest BCUT2D eigenvalue weighted by atomic mass is 10.0. The Hall–Kier alpha value is -2.24. The predicted octanol–water partition coefficient (Wildman–Crippen LogP) is 2.34. The van der Waals surface area contributed by atoms with E-state index in [2.05, 4.69) is 5.32 Å². The van der Waals surface area contributed by atoms with Gasteiger partial charge in [-0.3, -0.25) is 4.90 Å². The minimum atomic E-state index is -1.03. The van der Waals surface area contributed by atoms with Crippen molar-refractivity contribution < 1.29 is 19.4 Å². The van der Waals surface area contributed by atoms with E-state index in [-0.39, 0.29) is 5.92 Å². The Morgan fingerprint density at radius 3 is 2.57 bits per heavy atom. The number of methoxy groups -OCH3 is 1. The summed E-state index contributed by atoms with van der Waals surface area (Å²) in [5, 5.41) is 11.7. The fraction of sp³-hybridized carbons (Fsp3) is 0.467. The molecule has 21 heavy (non-hydrogen) atoms. The van der Waals surface area contributed by atoms with E-state index in [9.17, 15) is 9.59 Å². The number of aliphatic carboxylic acids is 1. The zero-order valence-corrected chi connectivity index (χ0v) is 12.8. The topological polar surface area (TPSA) is 78.9 Å². The van der Waals surface area contributed by atoms with Crippen molar-refractivity contribution in [2.45, 2.75) is 26.3 Å². The number of anilines is 1. The first-order chi connectivity index (χ1) is 9.85. The Morgan fingerprint density at radius 2 is 2.05 bits per heavy atom. The summed E-state index contributed by atoms with van der Waals surface area (Å²) in [5.41, 5.74) is 0.625. The number of carbonyl (C=O) groups excluding carboxylic acids is 1. The van der Waals surface area contributed by atoms with Crippen LogP contribution in [0, 0.1) is 5.92 Å². The lowest BCUT2D eigenvalue weighted by molar-refractivity contribution is -0.139. The highest BCUT2D eigenvalue weighted by atomic mass is 16.5. The zero-order chi connectivity index (χ0) is 16.0. The van der Waals surface area contributed by atoms with Crippen molar-refractivity contribution in [2.75, 3.05) is 19.1 Å². The molecule has 0 aliphatic heterocycles. The Kier molecular flexibility index (Phi) is 6.02. The van der Waals surface area contributed by atoms with Crippen LogP contribution in [-0.2, 0) is 4.79 Å². The monoisotopic (exact) mass is 294 g/mol. The molecular weight excluding hydrogens is 272 g/mol. The quantitative estimate of drug-likeness (QED) is 0.844. The van der Waals surface area contributed by atoms with E-state index >= 15 is 0 Å². The third kappa shape index (κ3) is 4.98. The van der Waals surface area contributed by atoms with E-state index in [0.29, 0.717) is 17.9 Å². The molecule has 0 aromatic heterocycles. The molecule has 0 bridgehead atoms. The minimum Gasteiger partial charge on any atom is -0.497 e. The van der Waals surface area contributed by atoms with Gasteiger partial charge in [0.15, 0.2) is 0 Å². The van der Waals surface area contributed by atoms with Gasteiger partial charge in [-0.1, -0.05) is 19.9 Å². The largest absolute Gasteiger partial charge is 0.497 e. The van der Waals surface area contributed by atoms with Crippen molar-refractivity contribution in [2.24, 2.45) is 5.92 Å². The van der Waals surface area contributed by atoms with Crippen molar-refractivity contribution in [3.63, 3.8) is 0 Å². The highest BCUT2D eigenvalue weighted by Crippen LogP contribution is 2.20. The molecule has 0 saturated heterocycles. The number of amides is 2. The van der Waals surface area contributed by atoms with Crippen LogP contribution >= 0.6 is 0 Å². The SMILES string of the molecule is COc1cccc(N(C)C(=O)N[C@@H](CC(C)C)C(=O)O)c1. The molecular formula is C15H22N2O4. The van der Waals surface area contributed by atoms with E-state index in [1.807, 2.05) is 13.8 Å². The van der Waals surface area contributed by atoms with Gasteiger partial charge in [0.1, 0.15) is 11.8 Å². The fourth-order valence-electron chi connectivity index (χ4n) is 1.88. The van der Waals surface area contributed by atoms with Crippen molar-refractivity contribution >= 4 is 17.7 Å². The van der Waals surface area contributed by atoms with Crippen LogP contribution < -0.4 is 15.0 Å². The Balaban J connectivity index is 2.78. The molecule has 0 fully saturated rings. The van der Waals surface area contributed by atoms with E-state index in [4.69, 9.17) is 9.84 Å². The number of nitrogens with one attached hydrogen (secondary N) is 1. The zero-order valence-electron chi connectivity index (χ0n) is 12.8. The number of nitrogens with zero attached hydrogens (tertiary/aromatic N) is 1. The van der Waals surface area contributed by atoms with Crippen LogP contribution in [0.5, 0.6) is 5.75 Å². The lowest BCUT2D eigenvalue weighted by Gasteiger charge is -2.22. The summed E-state index contributed by atoms with van der Waals surface area (Å²) in [6.45, 7) is 3.82. The van der Waals surface area contributed by atoms with Crippen LogP contribution in [-0.4, -0.2) is 37.3 Å². The molecule has 6 heteroatoms.